The average molecular weight is 344 g/mol. The molecule has 0 bridgehead atoms. The van der Waals surface area contributed by atoms with Crippen molar-refractivity contribution in [2.24, 2.45) is 0 Å². The molecule has 0 heterocycles. The van der Waals surface area contributed by atoms with Crippen LogP contribution < -0.4 is 20.1 Å². The summed E-state index contributed by atoms with van der Waals surface area (Å²) in [4.78, 5) is 12.1. The summed E-state index contributed by atoms with van der Waals surface area (Å²) in [5.41, 5.74) is 1.25. The number of methoxy groups -OCH3 is 1. The van der Waals surface area contributed by atoms with Crippen molar-refractivity contribution in [2.75, 3.05) is 19.0 Å². The number of benzene rings is 2. The van der Waals surface area contributed by atoms with E-state index in [1.165, 1.54) is 0 Å². The van der Waals surface area contributed by atoms with Crippen molar-refractivity contribution in [3.63, 3.8) is 0 Å². The van der Waals surface area contributed by atoms with Crippen molar-refractivity contribution < 1.29 is 14.3 Å². The van der Waals surface area contributed by atoms with Crippen molar-refractivity contribution in [3.05, 3.63) is 54.1 Å². The summed E-state index contributed by atoms with van der Waals surface area (Å²) in [5, 5.41) is 5.85. The Hall–Kier alpha value is -2.60. The van der Waals surface area contributed by atoms with E-state index in [0.29, 0.717) is 17.9 Å². The number of amides is 1. The molecule has 0 radical (unpaired) electrons. The molecule has 2 N–H and O–H groups in total. The minimum atomic E-state index is -0.284. The Morgan fingerprint density at radius 3 is 2.54 bits per heavy atom. The number of hydrogen-bond acceptors (Lipinski definition) is 4. The first-order valence-corrected chi connectivity index (χ1v) is 8.02. The zero-order valence-corrected chi connectivity index (χ0v) is 14.5. The van der Waals surface area contributed by atoms with Gasteiger partial charge in [-0.2, -0.15) is 0 Å². The zero-order chi connectivity index (χ0) is 17.4. The van der Waals surface area contributed by atoms with E-state index in [4.69, 9.17) is 21.7 Å². The molecule has 0 aliphatic carbocycles. The molecule has 5 nitrogen and oxygen atoms in total. The molecule has 1 amide bonds. The van der Waals surface area contributed by atoms with Crippen molar-refractivity contribution in [3.8, 4) is 11.5 Å². The molecule has 0 aromatic heterocycles. The van der Waals surface area contributed by atoms with Crippen molar-refractivity contribution in [1.82, 2.24) is 5.32 Å². The van der Waals surface area contributed by atoms with E-state index in [-0.39, 0.29) is 11.0 Å². The van der Waals surface area contributed by atoms with E-state index >= 15 is 0 Å². The van der Waals surface area contributed by atoms with E-state index in [1.54, 1.807) is 31.4 Å². The summed E-state index contributed by atoms with van der Waals surface area (Å²) in [5.74, 6) is 1.16. The Morgan fingerprint density at radius 1 is 1.12 bits per heavy atom. The van der Waals surface area contributed by atoms with Crippen LogP contribution >= 0.6 is 12.2 Å². The second-order valence-electron chi connectivity index (χ2n) is 5.01. The van der Waals surface area contributed by atoms with Gasteiger partial charge >= 0.3 is 0 Å². The Labute approximate surface area is 147 Å². The fourth-order valence-electron chi connectivity index (χ4n) is 1.96. The van der Waals surface area contributed by atoms with Gasteiger partial charge in [0.2, 0.25) is 0 Å². The van der Waals surface area contributed by atoms with Crippen LogP contribution in [0, 0.1) is 0 Å². The van der Waals surface area contributed by atoms with Crippen LogP contribution in [0.4, 0.5) is 5.69 Å². The molecule has 0 fully saturated rings. The van der Waals surface area contributed by atoms with Crippen LogP contribution in [0.15, 0.2) is 48.5 Å². The highest BCUT2D eigenvalue weighted by Gasteiger charge is 2.08. The molecule has 0 spiro atoms. The summed E-state index contributed by atoms with van der Waals surface area (Å²) in [6.45, 7) is 2.70. The third-order valence-corrected chi connectivity index (χ3v) is 3.35. The van der Waals surface area contributed by atoms with Gasteiger partial charge in [-0.25, -0.2) is 0 Å². The fourth-order valence-corrected chi connectivity index (χ4v) is 2.17. The van der Waals surface area contributed by atoms with Gasteiger partial charge in [0.15, 0.2) is 5.11 Å². The third kappa shape index (κ3) is 5.24. The summed E-state index contributed by atoms with van der Waals surface area (Å²) in [7, 11) is 1.58. The summed E-state index contributed by atoms with van der Waals surface area (Å²) in [6, 6.07) is 14.2. The van der Waals surface area contributed by atoms with Crippen LogP contribution in [-0.4, -0.2) is 24.7 Å². The third-order valence-electron chi connectivity index (χ3n) is 3.14. The second-order valence-corrected chi connectivity index (χ2v) is 5.42. The van der Waals surface area contributed by atoms with Gasteiger partial charge in [0.25, 0.3) is 5.91 Å². The Morgan fingerprint density at radius 2 is 1.88 bits per heavy atom. The van der Waals surface area contributed by atoms with Crippen LogP contribution in [0.25, 0.3) is 0 Å². The van der Waals surface area contributed by atoms with Gasteiger partial charge in [-0.3, -0.25) is 10.1 Å². The standard InChI is InChI=1S/C18H20N2O3S/c1-3-11-23-16-6-4-5-14(12-16)19-18(24)20-17(21)13-7-9-15(22-2)10-8-13/h4-10,12H,3,11H2,1-2H3,(H2,19,20,21,24). The normalized spacial score (nSPS) is 9.92. The molecule has 126 valence electrons. The van der Waals surface area contributed by atoms with E-state index in [2.05, 4.69) is 10.6 Å². The fraction of sp³-hybridized carbons (Fsp3) is 0.222. The maximum absolute atomic E-state index is 12.1. The van der Waals surface area contributed by atoms with Gasteiger partial charge in [-0.05, 0) is 55.0 Å². The number of carbonyl (C=O) groups is 1. The summed E-state index contributed by atoms with van der Waals surface area (Å²) in [6.07, 6.45) is 0.938. The van der Waals surface area contributed by atoms with Gasteiger partial charge < -0.3 is 14.8 Å². The first-order chi connectivity index (χ1) is 11.6. The predicted octanol–water partition coefficient (Wildman–Crippen LogP) is 3.61. The van der Waals surface area contributed by atoms with Crippen LogP contribution in [0.1, 0.15) is 23.7 Å². The van der Waals surface area contributed by atoms with E-state index in [0.717, 1.165) is 17.9 Å². The molecule has 2 aromatic carbocycles. The van der Waals surface area contributed by atoms with Gasteiger partial charge in [-0.1, -0.05) is 13.0 Å². The molecule has 0 unspecified atom stereocenters. The zero-order valence-electron chi connectivity index (χ0n) is 13.7. The molecule has 0 atom stereocenters. The highest BCUT2D eigenvalue weighted by molar-refractivity contribution is 7.80. The predicted molar refractivity (Wildman–Crippen MR) is 98.9 cm³/mol. The van der Waals surface area contributed by atoms with Gasteiger partial charge in [-0.15, -0.1) is 0 Å². The molecule has 24 heavy (non-hydrogen) atoms. The lowest BCUT2D eigenvalue weighted by atomic mass is 10.2. The number of thiocarbonyl (C=S) groups is 1. The monoisotopic (exact) mass is 344 g/mol. The van der Waals surface area contributed by atoms with E-state index in [9.17, 15) is 4.79 Å². The Bertz CT molecular complexity index is 702. The number of nitrogens with one attached hydrogen (secondary N) is 2. The Balaban J connectivity index is 1.93. The minimum absolute atomic E-state index is 0.225. The first-order valence-electron chi connectivity index (χ1n) is 7.61. The highest BCUT2D eigenvalue weighted by Crippen LogP contribution is 2.17. The number of carbonyl (C=O) groups excluding carboxylic acids is 1. The number of hydrogen-bond donors (Lipinski definition) is 2. The van der Waals surface area contributed by atoms with Gasteiger partial charge in [0, 0.05) is 17.3 Å². The largest absolute Gasteiger partial charge is 0.497 e. The first kappa shape index (κ1) is 17.7. The molecule has 0 aliphatic rings. The second kappa shape index (κ2) is 8.88. The van der Waals surface area contributed by atoms with Crippen LogP contribution in [0.5, 0.6) is 11.5 Å². The maximum atomic E-state index is 12.1. The molecule has 2 aromatic rings. The molecular formula is C18H20N2O3S. The van der Waals surface area contributed by atoms with E-state index in [1.807, 2.05) is 31.2 Å². The lowest BCUT2D eigenvalue weighted by molar-refractivity contribution is 0.0977. The molecule has 0 saturated heterocycles. The lowest BCUT2D eigenvalue weighted by Crippen LogP contribution is -2.34. The molecule has 0 aliphatic heterocycles. The number of anilines is 1. The lowest BCUT2D eigenvalue weighted by Gasteiger charge is -2.11. The van der Waals surface area contributed by atoms with Crippen molar-refractivity contribution >= 4 is 28.9 Å². The molecular weight excluding hydrogens is 324 g/mol. The van der Waals surface area contributed by atoms with Gasteiger partial charge in [0.05, 0.1) is 13.7 Å². The van der Waals surface area contributed by atoms with Crippen molar-refractivity contribution in [1.29, 1.82) is 0 Å². The molecule has 2 rings (SSSR count). The SMILES string of the molecule is CCCOc1cccc(NC(=S)NC(=O)c2ccc(OC)cc2)c1. The minimum Gasteiger partial charge on any atom is -0.497 e. The average Bonchev–Trinajstić information content (AvgIpc) is 2.60. The maximum Gasteiger partial charge on any atom is 0.257 e. The van der Waals surface area contributed by atoms with Crippen molar-refractivity contribution in [2.45, 2.75) is 13.3 Å². The molecule has 6 heteroatoms. The summed E-state index contributed by atoms with van der Waals surface area (Å²) < 4.78 is 10.6. The van der Waals surface area contributed by atoms with Crippen LogP contribution in [0.3, 0.4) is 0 Å². The van der Waals surface area contributed by atoms with Crippen LogP contribution in [0.2, 0.25) is 0 Å². The Kier molecular flexibility index (Phi) is 6.57. The van der Waals surface area contributed by atoms with Crippen LogP contribution in [-0.2, 0) is 0 Å². The topological polar surface area (TPSA) is 59.6 Å². The van der Waals surface area contributed by atoms with Gasteiger partial charge in [0.1, 0.15) is 11.5 Å². The smallest absolute Gasteiger partial charge is 0.257 e. The number of ether oxygens (including phenoxy) is 2. The summed E-state index contributed by atoms with van der Waals surface area (Å²) >= 11 is 5.18. The quantitative estimate of drug-likeness (QED) is 0.784. The number of rotatable bonds is 6. The van der Waals surface area contributed by atoms with E-state index < -0.39 is 0 Å². The highest BCUT2D eigenvalue weighted by atomic mass is 32.1. The molecule has 0 saturated carbocycles.